The van der Waals surface area contributed by atoms with Gasteiger partial charge in [0, 0.05) is 22.0 Å². The second-order valence-corrected chi connectivity index (χ2v) is 15.3. The molecule has 2 heterocycles. The van der Waals surface area contributed by atoms with E-state index in [4.69, 9.17) is 0 Å². The van der Waals surface area contributed by atoms with Crippen molar-refractivity contribution in [3.05, 3.63) is 191 Å². The van der Waals surface area contributed by atoms with Gasteiger partial charge in [-0.1, -0.05) is 125 Å². The summed E-state index contributed by atoms with van der Waals surface area (Å²) >= 11 is 0. The molecule has 0 spiro atoms. The molecule has 2 aliphatic rings. The largest absolute Gasteiger partial charge is 0.309 e. The van der Waals surface area contributed by atoms with Crippen LogP contribution in [0.25, 0.3) is 22.3 Å². The molecule has 9 rings (SSSR count). The van der Waals surface area contributed by atoms with Crippen LogP contribution in [0.2, 0.25) is 0 Å². The summed E-state index contributed by atoms with van der Waals surface area (Å²) in [4.78, 5) is 4.84. The van der Waals surface area contributed by atoms with Gasteiger partial charge >= 0.3 is 0 Å². The van der Waals surface area contributed by atoms with Gasteiger partial charge in [0.05, 0.1) is 57.4 Å². The molecule has 0 aromatic heterocycles. The summed E-state index contributed by atoms with van der Waals surface area (Å²) in [7, 11) is 0. The Morgan fingerprint density at radius 1 is 0.370 bits per heavy atom. The molecule has 0 aliphatic carbocycles. The topological polar surface area (TPSA) is 54.1 Å². The van der Waals surface area contributed by atoms with E-state index >= 15 is 0 Å². The number of anilines is 6. The maximum atomic E-state index is 9.78. The smallest absolute Gasteiger partial charge is 0.0991 e. The van der Waals surface area contributed by atoms with E-state index in [1.54, 1.807) is 0 Å². The highest BCUT2D eigenvalue weighted by atomic mass is 15.2. The summed E-state index contributed by atoms with van der Waals surface area (Å²) in [5, 5.41) is 19.6. The van der Waals surface area contributed by atoms with Crippen molar-refractivity contribution in [2.24, 2.45) is 0 Å². The maximum absolute atomic E-state index is 9.78. The van der Waals surface area contributed by atoms with Gasteiger partial charge in [-0.15, -0.1) is 0 Å². The van der Waals surface area contributed by atoms with Crippen LogP contribution in [-0.2, 0) is 10.8 Å². The Labute approximate surface area is 317 Å². The van der Waals surface area contributed by atoms with Gasteiger partial charge in [0.25, 0.3) is 0 Å². The third-order valence-corrected chi connectivity index (χ3v) is 11.5. The van der Waals surface area contributed by atoms with E-state index in [2.05, 4.69) is 183 Å². The van der Waals surface area contributed by atoms with Crippen molar-refractivity contribution in [3.8, 4) is 34.4 Å². The van der Waals surface area contributed by atoms with Gasteiger partial charge in [0.2, 0.25) is 0 Å². The zero-order valence-corrected chi connectivity index (χ0v) is 30.8. The van der Waals surface area contributed by atoms with E-state index < -0.39 is 0 Å². The van der Waals surface area contributed by atoms with Crippen molar-refractivity contribution in [3.63, 3.8) is 0 Å². The average Bonchev–Trinajstić information content (AvgIpc) is 3.21. The second-order valence-electron chi connectivity index (χ2n) is 15.3. The number of para-hydroxylation sites is 4. The van der Waals surface area contributed by atoms with Gasteiger partial charge in [-0.3, -0.25) is 0 Å². The first-order valence-electron chi connectivity index (χ1n) is 18.4. The molecule has 0 amide bonds. The molecular weight excluding hydrogens is 657 g/mol. The van der Waals surface area contributed by atoms with E-state index in [1.165, 1.54) is 22.3 Å². The van der Waals surface area contributed by atoms with Crippen LogP contribution < -0.4 is 9.80 Å². The molecule has 258 valence electrons. The number of nitriles is 2. The lowest BCUT2D eigenvalue weighted by molar-refractivity contribution is 0.631. The average molecular weight is 695 g/mol. The van der Waals surface area contributed by atoms with Crippen LogP contribution in [0.5, 0.6) is 0 Å². The molecule has 0 saturated carbocycles. The fourth-order valence-electron chi connectivity index (χ4n) is 8.72. The van der Waals surface area contributed by atoms with E-state index in [0.717, 1.165) is 56.4 Å². The molecule has 0 saturated heterocycles. The molecule has 7 aromatic carbocycles. The van der Waals surface area contributed by atoms with Crippen molar-refractivity contribution in [2.45, 2.75) is 38.5 Å². The molecule has 2 aliphatic heterocycles. The minimum atomic E-state index is -0.220. The van der Waals surface area contributed by atoms with Crippen LogP contribution in [0.3, 0.4) is 0 Å². The van der Waals surface area contributed by atoms with Crippen LogP contribution in [0, 0.1) is 22.7 Å². The highest BCUT2D eigenvalue weighted by molar-refractivity contribution is 6.01. The van der Waals surface area contributed by atoms with Gasteiger partial charge in [0.15, 0.2) is 0 Å². The Morgan fingerprint density at radius 2 is 0.648 bits per heavy atom. The van der Waals surface area contributed by atoms with E-state index in [-0.39, 0.29) is 10.8 Å². The number of nitrogens with zero attached hydrogens (tertiary/aromatic N) is 4. The van der Waals surface area contributed by atoms with Crippen molar-refractivity contribution >= 4 is 34.1 Å². The highest BCUT2D eigenvalue weighted by Gasteiger charge is 2.40. The number of rotatable bonds is 4. The van der Waals surface area contributed by atoms with E-state index in [1.807, 2.05) is 24.3 Å². The molecule has 0 N–H and O–H groups in total. The summed E-state index contributed by atoms with van der Waals surface area (Å²) < 4.78 is 0. The van der Waals surface area contributed by atoms with Gasteiger partial charge in [0.1, 0.15) is 0 Å². The molecule has 4 nitrogen and oxygen atoms in total. The minimum absolute atomic E-state index is 0.220. The first-order chi connectivity index (χ1) is 26.2. The monoisotopic (exact) mass is 694 g/mol. The van der Waals surface area contributed by atoms with Crippen LogP contribution in [0.15, 0.2) is 158 Å². The van der Waals surface area contributed by atoms with Crippen LogP contribution in [0.1, 0.15) is 61.1 Å². The summed E-state index contributed by atoms with van der Waals surface area (Å²) in [5.41, 5.74) is 16.5. The predicted molar refractivity (Wildman–Crippen MR) is 220 cm³/mol. The predicted octanol–water partition coefficient (Wildman–Crippen LogP) is 13.0. The normalized spacial score (nSPS) is 14.5. The van der Waals surface area contributed by atoms with Gasteiger partial charge < -0.3 is 9.80 Å². The lowest BCUT2D eigenvalue weighted by Crippen LogP contribution is -2.31. The number of benzene rings is 7. The zero-order chi connectivity index (χ0) is 37.2. The fraction of sp³-hybridized carbons (Fsp3) is 0.120. The Balaban J connectivity index is 1.42. The summed E-state index contributed by atoms with van der Waals surface area (Å²) in [6.45, 7) is 9.23. The lowest BCUT2D eigenvalue weighted by Gasteiger charge is -2.44. The zero-order valence-electron chi connectivity index (χ0n) is 30.8. The number of hydrogen-bond donors (Lipinski definition) is 0. The maximum Gasteiger partial charge on any atom is 0.0991 e. The Kier molecular flexibility index (Phi) is 7.56. The Bertz CT molecular complexity index is 2400. The first-order valence-corrected chi connectivity index (χ1v) is 18.4. The van der Waals surface area contributed by atoms with Gasteiger partial charge in [-0.05, 0) is 94.0 Å². The molecule has 4 heteroatoms. The standard InChI is InChI=1S/C50H38N4/c1-49(2)39-13-5-9-17-43(39)53(44-18-10-6-14-40(44)49)47-29-38(36-27-23-34(32-52)24-28-36)48(30-37(47)35-25-21-33(31-51)22-26-35)54-45-19-11-7-15-41(45)50(3,4)42-16-8-12-20-46(42)54/h5-30H,1-4H3. The third kappa shape index (κ3) is 4.96. The summed E-state index contributed by atoms with van der Waals surface area (Å²) in [6.07, 6.45) is 0. The molecule has 7 aromatic rings. The van der Waals surface area contributed by atoms with Crippen molar-refractivity contribution in [1.29, 1.82) is 10.5 Å². The van der Waals surface area contributed by atoms with Crippen molar-refractivity contribution in [1.82, 2.24) is 0 Å². The number of hydrogen-bond acceptors (Lipinski definition) is 4. The quantitative estimate of drug-likeness (QED) is 0.184. The van der Waals surface area contributed by atoms with Crippen molar-refractivity contribution < 1.29 is 0 Å². The van der Waals surface area contributed by atoms with E-state index in [0.29, 0.717) is 11.1 Å². The molecule has 54 heavy (non-hydrogen) atoms. The Morgan fingerprint density at radius 3 is 0.926 bits per heavy atom. The first kappa shape index (κ1) is 33.0. The minimum Gasteiger partial charge on any atom is -0.309 e. The molecular formula is C50H38N4. The summed E-state index contributed by atoms with van der Waals surface area (Å²) in [5.74, 6) is 0. The molecule has 0 unspecified atom stereocenters. The molecule has 0 atom stereocenters. The SMILES string of the molecule is CC1(C)c2ccccc2N(c2cc(-c3ccc(C#N)cc3)c(N3c4ccccc4C(C)(C)c4ccccc43)cc2-c2ccc(C#N)cc2)c2ccccc21. The number of fused-ring (bicyclic) bond motifs is 4. The fourth-order valence-corrected chi connectivity index (χ4v) is 8.72. The second kappa shape index (κ2) is 12.4. The van der Waals surface area contributed by atoms with E-state index in [9.17, 15) is 10.5 Å². The van der Waals surface area contributed by atoms with Gasteiger partial charge in [-0.2, -0.15) is 10.5 Å². The van der Waals surface area contributed by atoms with Gasteiger partial charge in [-0.25, -0.2) is 0 Å². The highest BCUT2D eigenvalue weighted by Crippen LogP contribution is 2.58. The Hall–Kier alpha value is -6.88. The van der Waals surface area contributed by atoms with Crippen LogP contribution >= 0.6 is 0 Å². The van der Waals surface area contributed by atoms with Crippen molar-refractivity contribution in [2.75, 3.05) is 9.80 Å². The van der Waals surface area contributed by atoms with Crippen LogP contribution in [0.4, 0.5) is 34.1 Å². The van der Waals surface area contributed by atoms with Crippen LogP contribution in [-0.4, -0.2) is 0 Å². The molecule has 0 fully saturated rings. The third-order valence-electron chi connectivity index (χ3n) is 11.5. The summed E-state index contributed by atoms with van der Waals surface area (Å²) in [6, 6.07) is 60.1. The molecule has 0 radical (unpaired) electrons. The lowest BCUT2D eigenvalue weighted by atomic mass is 9.73. The molecule has 0 bridgehead atoms.